The summed E-state index contributed by atoms with van der Waals surface area (Å²) in [6.07, 6.45) is 0.647. The van der Waals surface area contributed by atoms with Gasteiger partial charge in [0.05, 0.1) is 17.0 Å². The second kappa shape index (κ2) is 7.34. The lowest BCUT2D eigenvalue weighted by Crippen LogP contribution is -2.25. The number of hydrogen-bond acceptors (Lipinski definition) is 6. The average Bonchev–Trinajstić information content (AvgIpc) is 2.94. The Morgan fingerprint density at radius 1 is 1.43 bits per heavy atom. The summed E-state index contributed by atoms with van der Waals surface area (Å²) in [7, 11) is 0. The minimum atomic E-state index is -0.534. The van der Waals surface area contributed by atoms with Gasteiger partial charge >= 0.3 is 5.97 Å². The van der Waals surface area contributed by atoms with Crippen molar-refractivity contribution in [2.24, 2.45) is 0 Å². The fourth-order valence-electron chi connectivity index (χ4n) is 2.04. The van der Waals surface area contributed by atoms with Crippen molar-refractivity contribution in [1.29, 1.82) is 0 Å². The first kappa shape index (κ1) is 16.4. The SMILES string of the molecule is CCOC(=O)CCCNC(=O)c1n[nH]c2ccc([N+](=O)[O-])cc12. The molecule has 0 saturated carbocycles. The van der Waals surface area contributed by atoms with Crippen molar-refractivity contribution in [2.75, 3.05) is 13.2 Å². The van der Waals surface area contributed by atoms with E-state index in [9.17, 15) is 19.7 Å². The van der Waals surface area contributed by atoms with Crippen LogP contribution in [0, 0.1) is 10.1 Å². The van der Waals surface area contributed by atoms with Crippen molar-refractivity contribution in [1.82, 2.24) is 15.5 Å². The fraction of sp³-hybridized carbons (Fsp3) is 0.357. The molecule has 1 amide bonds. The van der Waals surface area contributed by atoms with Crippen molar-refractivity contribution < 1.29 is 19.2 Å². The highest BCUT2D eigenvalue weighted by molar-refractivity contribution is 6.05. The Kier molecular flexibility index (Phi) is 5.23. The Morgan fingerprint density at radius 3 is 2.91 bits per heavy atom. The largest absolute Gasteiger partial charge is 0.466 e. The molecule has 2 N–H and O–H groups in total. The van der Waals surface area contributed by atoms with E-state index in [0.29, 0.717) is 23.9 Å². The van der Waals surface area contributed by atoms with Crippen LogP contribution in [0.3, 0.4) is 0 Å². The highest BCUT2D eigenvalue weighted by Gasteiger charge is 2.17. The van der Waals surface area contributed by atoms with Crippen LogP contribution in [0.4, 0.5) is 5.69 Å². The Morgan fingerprint density at radius 2 is 2.22 bits per heavy atom. The summed E-state index contributed by atoms with van der Waals surface area (Å²) in [6, 6.07) is 4.13. The number of nitrogens with zero attached hydrogens (tertiary/aromatic N) is 2. The molecule has 0 spiro atoms. The van der Waals surface area contributed by atoms with Crippen LogP contribution in [0.15, 0.2) is 18.2 Å². The molecule has 122 valence electrons. The molecule has 1 heterocycles. The van der Waals surface area contributed by atoms with Crippen molar-refractivity contribution in [2.45, 2.75) is 19.8 Å². The number of H-pyrrole nitrogens is 1. The van der Waals surface area contributed by atoms with Crippen LogP contribution in [0.1, 0.15) is 30.3 Å². The molecule has 1 aromatic carbocycles. The van der Waals surface area contributed by atoms with E-state index in [1.807, 2.05) is 0 Å². The van der Waals surface area contributed by atoms with E-state index < -0.39 is 10.8 Å². The number of nitro benzene ring substituents is 1. The standard InChI is InChI=1S/C14H16N4O5/c1-2-23-12(19)4-3-7-15-14(20)13-10-8-9(18(21)22)5-6-11(10)16-17-13/h5-6,8H,2-4,7H2,1H3,(H,15,20)(H,16,17). The van der Waals surface area contributed by atoms with E-state index in [1.165, 1.54) is 18.2 Å². The van der Waals surface area contributed by atoms with Gasteiger partial charge in [0, 0.05) is 30.5 Å². The third kappa shape index (κ3) is 4.02. The zero-order chi connectivity index (χ0) is 16.8. The molecule has 0 radical (unpaired) electrons. The first-order valence-corrected chi connectivity index (χ1v) is 7.09. The van der Waals surface area contributed by atoms with E-state index in [0.717, 1.165) is 0 Å². The number of ether oxygens (including phenoxy) is 1. The molecule has 2 rings (SSSR count). The molecule has 0 aliphatic heterocycles. The number of carbonyl (C=O) groups is 2. The van der Waals surface area contributed by atoms with Gasteiger partial charge in [-0.25, -0.2) is 0 Å². The van der Waals surface area contributed by atoms with Crippen LogP contribution in [-0.2, 0) is 9.53 Å². The zero-order valence-electron chi connectivity index (χ0n) is 12.5. The second-order valence-electron chi connectivity index (χ2n) is 4.72. The number of rotatable bonds is 7. The van der Waals surface area contributed by atoms with Crippen LogP contribution in [0.2, 0.25) is 0 Å². The maximum absolute atomic E-state index is 12.1. The average molecular weight is 320 g/mol. The van der Waals surface area contributed by atoms with E-state index in [1.54, 1.807) is 6.92 Å². The Labute approximate surface area is 131 Å². The van der Waals surface area contributed by atoms with E-state index >= 15 is 0 Å². The monoisotopic (exact) mass is 320 g/mol. The quantitative estimate of drug-likeness (QED) is 0.345. The van der Waals surface area contributed by atoms with Crippen molar-refractivity contribution >= 4 is 28.5 Å². The maximum Gasteiger partial charge on any atom is 0.305 e. The maximum atomic E-state index is 12.1. The fourth-order valence-corrected chi connectivity index (χ4v) is 2.04. The first-order chi connectivity index (χ1) is 11.0. The molecular formula is C14H16N4O5. The summed E-state index contributed by atoms with van der Waals surface area (Å²) in [5, 5.41) is 20.3. The van der Waals surface area contributed by atoms with Gasteiger partial charge in [-0.1, -0.05) is 0 Å². The normalized spacial score (nSPS) is 10.5. The number of esters is 1. The molecule has 9 heteroatoms. The van der Waals surface area contributed by atoms with Gasteiger partial charge in [0.2, 0.25) is 0 Å². The number of nitro groups is 1. The smallest absolute Gasteiger partial charge is 0.305 e. The third-order valence-corrected chi connectivity index (χ3v) is 3.12. The van der Waals surface area contributed by atoms with Gasteiger partial charge in [0.1, 0.15) is 0 Å². The van der Waals surface area contributed by atoms with Crippen LogP contribution in [-0.4, -0.2) is 40.1 Å². The summed E-state index contributed by atoms with van der Waals surface area (Å²) >= 11 is 0. The number of nitrogens with one attached hydrogen (secondary N) is 2. The summed E-state index contributed by atoms with van der Waals surface area (Å²) < 4.78 is 4.78. The highest BCUT2D eigenvalue weighted by atomic mass is 16.6. The molecule has 0 saturated heterocycles. The number of hydrogen-bond donors (Lipinski definition) is 2. The van der Waals surface area contributed by atoms with Gasteiger partial charge in [-0.15, -0.1) is 0 Å². The predicted molar refractivity (Wildman–Crippen MR) is 80.9 cm³/mol. The summed E-state index contributed by atoms with van der Waals surface area (Å²) in [4.78, 5) is 33.5. The van der Waals surface area contributed by atoms with Gasteiger partial charge < -0.3 is 10.1 Å². The number of fused-ring (bicyclic) bond motifs is 1. The van der Waals surface area contributed by atoms with Crippen molar-refractivity contribution in [3.8, 4) is 0 Å². The lowest BCUT2D eigenvalue weighted by atomic mass is 10.2. The number of amides is 1. The lowest BCUT2D eigenvalue weighted by Gasteiger charge is -2.04. The summed E-state index contributed by atoms with van der Waals surface area (Å²) in [5.74, 6) is -0.775. The molecule has 0 unspecified atom stereocenters. The molecule has 0 aliphatic rings. The molecule has 0 atom stereocenters. The van der Waals surface area contributed by atoms with E-state index in [2.05, 4.69) is 15.5 Å². The molecule has 0 fully saturated rings. The summed E-state index contributed by atoms with van der Waals surface area (Å²) in [6.45, 7) is 2.33. The lowest BCUT2D eigenvalue weighted by molar-refractivity contribution is -0.384. The highest BCUT2D eigenvalue weighted by Crippen LogP contribution is 2.21. The van der Waals surface area contributed by atoms with Gasteiger partial charge in [-0.2, -0.15) is 5.10 Å². The number of non-ortho nitro benzene ring substituents is 1. The Hall–Kier alpha value is -2.97. The molecule has 23 heavy (non-hydrogen) atoms. The minimum absolute atomic E-state index is 0.0832. The van der Waals surface area contributed by atoms with Crippen molar-refractivity contribution in [3.63, 3.8) is 0 Å². The molecular weight excluding hydrogens is 304 g/mol. The van der Waals surface area contributed by atoms with Crippen LogP contribution in [0.5, 0.6) is 0 Å². The van der Waals surface area contributed by atoms with Crippen molar-refractivity contribution in [3.05, 3.63) is 34.0 Å². The van der Waals surface area contributed by atoms with Crippen LogP contribution in [0.25, 0.3) is 10.9 Å². The predicted octanol–water partition coefficient (Wildman–Crippen LogP) is 1.54. The number of carbonyl (C=O) groups excluding carboxylic acids is 2. The molecule has 1 aromatic heterocycles. The van der Waals surface area contributed by atoms with Gasteiger partial charge in [0.25, 0.3) is 11.6 Å². The Bertz CT molecular complexity index is 740. The van der Waals surface area contributed by atoms with Gasteiger partial charge in [0.15, 0.2) is 5.69 Å². The molecule has 9 nitrogen and oxygen atoms in total. The van der Waals surface area contributed by atoms with Crippen LogP contribution < -0.4 is 5.32 Å². The third-order valence-electron chi connectivity index (χ3n) is 3.12. The summed E-state index contributed by atoms with van der Waals surface area (Å²) in [5.41, 5.74) is 0.502. The number of aromatic amines is 1. The number of benzene rings is 1. The van der Waals surface area contributed by atoms with E-state index in [-0.39, 0.29) is 30.3 Å². The molecule has 0 bridgehead atoms. The van der Waals surface area contributed by atoms with Gasteiger partial charge in [-0.3, -0.25) is 24.8 Å². The molecule has 0 aliphatic carbocycles. The van der Waals surface area contributed by atoms with Gasteiger partial charge in [-0.05, 0) is 19.4 Å². The first-order valence-electron chi connectivity index (χ1n) is 7.09. The topological polar surface area (TPSA) is 127 Å². The molecule has 2 aromatic rings. The second-order valence-corrected chi connectivity index (χ2v) is 4.72. The Balaban J connectivity index is 1.99. The van der Waals surface area contributed by atoms with Crippen LogP contribution >= 0.6 is 0 Å². The van der Waals surface area contributed by atoms with E-state index in [4.69, 9.17) is 4.74 Å². The minimum Gasteiger partial charge on any atom is -0.466 e. The number of aromatic nitrogens is 2. The zero-order valence-corrected chi connectivity index (χ0v) is 12.5.